The summed E-state index contributed by atoms with van der Waals surface area (Å²) in [6, 6.07) is 1.45. The molecule has 0 radical (unpaired) electrons. The fraction of sp³-hybridized carbons (Fsp3) is 0.545. The minimum Gasteiger partial charge on any atom is -0.369 e. The normalized spacial score (nSPS) is 12.5. The van der Waals surface area contributed by atoms with Crippen molar-refractivity contribution in [1.82, 2.24) is 4.98 Å². The van der Waals surface area contributed by atoms with Crippen molar-refractivity contribution in [2.24, 2.45) is 11.8 Å². The van der Waals surface area contributed by atoms with Crippen LogP contribution >= 0.6 is 15.9 Å². The quantitative estimate of drug-likeness (QED) is 0.668. The van der Waals surface area contributed by atoms with Crippen molar-refractivity contribution in [3.8, 4) is 0 Å². The first-order chi connectivity index (χ1) is 7.91. The second kappa shape index (κ2) is 5.95. The number of aromatic nitrogens is 1. The molecule has 0 saturated carbocycles. The van der Waals surface area contributed by atoms with Gasteiger partial charge in [0.05, 0.1) is 9.40 Å². The lowest BCUT2D eigenvalue weighted by Crippen LogP contribution is -2.17. The number of pyridine rings is 1. The highest BCUT2D eigenvalue weighted by molar-refractivity contribution is 9.10. The predicted molar refractivity (Wildman–Crippen MR) is 71.1 cm³/mol. The Hall–Kier alpha value is -1.17. The highest BCUT2D eigenvalue weighted by Crippen LogP contribution is 2.24. The minimum atomic E-state index is -0.460. The van der Waals surface area contributed by atoms with Crippen molar-refractivity contribution in [3.05, 3.63) is 26.9 Å². The molecule has 0 amide bonds. The molecule has 0 bridgehead atoms. The molecule has 1 heterocycles. The molecule has 1 aromatic rings. The molecule has 94 valence electrons. The molecular formula is C11H16BrN3O2. The van der Waals surface area contributed by atoms with Crippen LogP contribution in [-0.4, -0.2) is 16.5 Å². The first-order valence-corrected chi connectivity index (χ1v) is 6.25. The summed E-state index contributed by atoms with van der Waals surface area (Å²) in [7, 11) is 0. The third-order valence-corrected chi connectivity index (χ3v) is 3.37. The van der Waals surface area contributed by atoms with Crippen LogP contribution in [0.25, 0.3) is 0 Å². The van der Waals surface area contributed by atoms with Crippen LogP contribution in [0.15, 0.2) is 16.7 Å². The molecule has 0 aromatic carbocycles. The van der Waals surface area contributed by atoms with E-state index >= 15 is 0 Å². The molecule has 0 fully saturated rings. The van der Waals surface area contributed by atoms with Crippen molar-refractivity contribution in [2.45, 2.75) is 20.8 Å². The summed E-state index contributed by atoms with van der Waals surface area (Å²) >= 11 is 3.27. The summed E-state index contributed by atoms with van der Waals surface area (Å²) in [5, 5.41) is 13.7. The van der Waals surface area contributed by atoms with Crippen LogP contribution in [0.3, 0.4) is 0 Å². The second-order valence-corrected chi connectivity index (χ2v) is 5.24. The molecule has 17 heavy (non-hydrogen) atoms. The average molecular weight is 302 g/mol. The fourth-order valence-electron chi connectivity index (χ4n) is 1.15. The lowest BCUT2D eigenvalue weighted by atomic mass is 9.98. The maximum absolute atomic E-state index is 10.5. The van der Waals surface area contributed by atoms with E-state index in [1.807, 2.05) is 0 Å². The van der Waals surface area contributed by atoms with Crippen molar-refractivity contribution in [2.75, 3.05) is 11.9 Å². The molecule has 0 saturated heterocycles. The number of rotatable bonds is 5. The van der Waals surface area contributed by atoms with E-state index in [0.29, 0.717) is 22.1 Å². The number of nitrogens with one attached hydrogen (secondary N) is 1. The van der Waals surface area contributed by atoms with Gasteiger partial charge in [-0.3, -0.25) is 10.1 Å². The Morgan fingerprint density at radius 3 is 2.65 bits per heavy atom. The number of halogens is 1. The van der Waals surface area contributed by atoms with Gasteiger partial charge in [0, 0.05) is 12.6 Å². The van der Waals surface area contributed by atoms with Crippen LogP contribution in [0, 0.1) is 22.0 Å². The summed E-state index contributed by atoms with van der Waals surface area (Å²) in [5.41, 5.74) is -0.0145. The summed E-state index contributed by atoms with van der Waals surface area (Å²) in [4.78, 5) is 14.1. The molecule has 1 aromatic heterocycles. The van der Waals surface area contributed by atoms with Gasteiger partial charge in [0.25, 0.3) is 5.69 Å². The Labute approximate surface area is 109 Å². The number of nitro groups is 1. The summed E-state index contributed by atoms with van der Waals surface area (Å²) in [6.07, 6.45) is 1.26. The van der Waals surface area contributed by atoms with Gasteiger partial charge in [0.1, 0.15) is 12.0 Å². The van der Waals surface area contributed by atoms with E-state index in [0.717, 1.165) is 6.54 Å². The fourth-order valence-corrected chi connectivity index (χ4v) is 1.63. The monoisotopic (exact) mass is 301 g/mol. The Bertz CT molecular complexity index is 410. The maximum atomic E-state index is 10.5. The number of hydrogen-bond acceptors (Lipinski definition) is 4. The summed E-state index contributed by atoms with van der Waals surface area (Å²) in [5.74, 6) is 1.74. The molecule has 0 spiro atoms. The van der Waals surface area contributed by atoms with Gasteiger partial charge in [-0.1, -0.05) is 20.8 Å². The van der Waals surface area contributed by atoms with E-state index in [-0.39, 0.29) is 5.69 Å². The van der Waals surface area contributed by atoms with Gasteiger partial charge in [-0.2, -0.15) is 0 Å². The molecule has 0 aliphatic rings. The second-order valence-electron chi connectivity index (χ2n) is 4.38. The van der Waals surface area contributed by atoms with E-state index in [4.69, 9.17) is 0 Å². The first kappa shape index (κ1) is 13.9. The van der Waals surface area contributed by atoms with Crippen molar-refractivity contribution in [1.29, 1.82) is 0 Å². The Balaban J connectivity index is 2.70. The van der Waals surface area contributed by atoms with Gasteiger partial charge in [0.15, 0.2) is 0 Å². The van der Waals surface area contributed by atoms with Crippen LogP contribution in [0.2, 0.25) is 0 Å². The number of anilines is 1. The van der Waals surface area contributed by atoms with Crippen molar-refractivity contribution in [3.63, 3.8) is 0 Å². The van der Waals surface area contributed by atoms with Crippen molar-refractivity contribution >= 4 is 27.4 Å². The topological polar surface area (TPSA) is 68.1 Å². The molecular weight excluding hydrogens is 286 g/mol. The lowest BCUT2D eigenvalue weighted by molar-refractivity contribution is -0.385. The molecule has 1 atom stereocenters. The molecule has 5 nitrogen and oxygen atoms in total. The highest BCUT2D eigenvalue weighted by atomic mass is 79.9. The van der Waals surface area contributed by atoms with Gasteiger partial charge < -0.3 is 5.32 Å². The first-order valence-electron chi connectivity index (χ1n) is 5.45. The summed E-state index contributed by atoms with van der Waals surface area (Å²) < 4.78 is 0.614. The molecule has 0 aliphatic heterocycles. The van der Waals surface area contributed by atoms with Gasteiger partial charge in [-0.25, -0.2) is 4.98 Å². The average Bonchev–Trinajstić information content (AvgIpc) is 2.26. The zero-order valence-electron chi connectivity index (χ0n) is 10.1. The van der Waals surface area contributed by atoms with Crippen LogP contribution < -0.4 is 5.32 Å². The maximum Gasteiger partial charge on any atom is 0.288 e. The SMILES string of the molecule is CC(C)C(C)CNc1ncc([N+](=O)[O-])cc1Br. The van der Waals surface area contributed by atoms with Crippen LogP contribution in [0.4, 0.5) is 11.5 Å². The Morgan fingerprint density at radius 2 is 2.18 bits per heavy atom. The zero-order chi connectivity index (χ0) is 13.0. The van der Waals surface area contributed by atoms with E-state index < -0.39 is 4.92 Å². The van der Waals surface area contributed by atoms with Crippen molar-refractivity contribution < 1.29 is 4.92 Å². The molecule has 6 heteroatoms. The molecule has 1 rings (SSSR count). The van der Waals surface area contributed by atoms with Gasteiger partial charge in [-0.05, 0) is 27.8 Å². The molecule has 0 aliphatic carbocycles. The lowest BCUT2D eigenvalue weighted by Gasteiger charge is -2.16. The Kier molecular flexibility index (Phi) is 4.86. The largest absolute Gasteiger partial charge is 0.369 e. The smallest absolute Gasteiger partial charge is 0.288 e. The van der Waals surface area contributed by atoms with Crippen LogP contribution in [-0.2, 0) is 0 Å². The van der Waals surface area contributed by atoms with Gasteiger partial charge in [0.2, 0.25) is 0 Å². The number of nitrogens with zero attached hydrogens (tertiary/aromatic N) is 2. The van der Waals surface area contributed by atoms with E-state index in [9.17, 15) is 10.1 Å². The van der Waals surface area contributed by atoms with Crippen LogP contribution in [0.5, 0.6) is 0 Å². The standard InChI is InChI=1S/C11H16BrN3O2/c1-7(2)8(3)5-13-11-10(12)4-9(6-14-11)15(16)17/h4,6-8H,5H2,1-3H3,(H,13,14). The highest BCUT2D eigenvalue weighted by Gasteiger charge is 2.12. The molecule has 1 unspecified atom stereocenters. The van der Waals surface area contributed by atoms with E-state index in [2.05, 4.69) is 47.0 Å². The van der Waals surface area contributed by atoms with E-state index in [1.165, 1.54) is 12.3 Å². The minimum absolute atomic E-state index is 0.0145. The zero-order valence-corrected chi connectivity index (χ0v) is 11.7. The molecule has 1 N–H and O–H groups in total. The predicted octanol–water partition coefficient (Wildman–Crippen LogP) is 3.46. The third kappa shape index (κ3) is 3.96. The number of hydrogen-bond donors (Lipinski definition) is 1. The van der Waals surface area contributed by atoms with E-state index in [1.54, 1.807) is 0 Å². The Morgan fingerprint density at radius 1 is 1.53 bits per heavy atom. The van der Waals surface area contributed by atoms with Crippen LogP contribution in [0.1, 0.15) is 20.8 Å². The van der Waals surface area contributed by atoms with Gasteiger partial charge >= 0.3 is 0 Å². The van der Waals surface area contributed by atoms with Gasteiger partial charge in [-0.15, -0.1) is 0 Å². The third-order valence-electron chi connectivity index (χ3n) is 2.77. The summed E-state index contributed by atoms with van der Waals surface area (Å²) in [6.45, 7) is 7.26.